The summed E-state index contributed by atoms with van der Waals surface area (Å²) in [5.74, 6) is -0.253. The highest BCUT2D eigenvalue weighted by atomic mass is 79.9. The molecule has 0 aromatic heterocycles. The van der Waals surface area contributed by atoms with Gasteiger partial charge < -0.3 is 19.3 Å². The number of carbonyl (C=O) groups is 1. The second kappa shape index (κ2) is 5.59. The van der Waals surface area contributed by atoms with Crippen molar-refractivity contribution in [2.45, 2.75) is 0 Å². The fraction of sp³-hybridized carbons (Fsp3) is 0.300. The van der Waals surface area contributed by atoms with Crippen molar-refractivity contribution < 1.29 is 24.1 Å². The SMILES string of the molecule is COc1c(Br)c(C(=O)O)c(Br)c(OC)c1OC. The van der Waals surface area contributed by atoms with Gasteiger partial charge in [-0.05, 0) is 31.9 Å². The van der Waals surface area contributed by atoms with Crippen LogP contribution in [0.1, 0.15) is 10.4 Å². The lowest BCUT2D eigenvalue weighted by atomic mass is 10.2. The van der Waals surface area contributed by atoms with Gasteiger partial charge in [0.05, 0.1) is 35.8 Å². The second-order valence-electron chi connectivity index (χ2n) is 2.91. The number of hydrogen-bond acceptors (Lipinski definition) is 4. The van der Waals surface area contributed by atoms with Crippen LogP contribution in [0.15, 0.2) is 8.95 Å². The van der Waals surface area contributed by atoms with Gasteiger partial charge in [-0.15, -0.1) is 0 Å². The van der Waals surface area contributed by atoms with E-state index in [9.17, 15) is 4.79 Å². The Morgan fingerprint density at radius 1 is 0.941 bits per heavy atom. The molecule has 0 aliphatic carbocycles. The molecule has 1 N–H and O–H groups in total. The normalized spacial score (nSPS) is 9.94. The summed E-state index contributed by atoms with van der Waals surface area (Å²) in [5, 5.41) is 9.14. The van der Waals surface area contributed by atoms with E-state index in [1.54, 1.807) is 0 Å². The van der Waals surface area contributed by atoms with Crippen LogP contribution in [-0.2, 0) is 0 Å². The number of carboxylic acids is 1. The molecule has 0 atom stereocenters. The Morgan fingerprint density at radius 3 is 1.53 bits per heavy atom. The van der Waals surface area contributed by atoms with E-state index >= 15 is 0 Å². The summed E-state index contributed by atoms with van der Waals surface area (Å²) in [7, 11) is 4.28. The highest BCUT2D eigenvalue weighted by Gasteiger charge is 2.27. The molecule has 94 valence electrons. The number of hydrogen-bond donors (Lipinski definition) is 1. The molecule has 0 saturated heterocycles. The van der Waals surface area contributed by atoms with Crippen molar-refractivity contribution in [3.05, 3.63) is 14.5 Å². The fourth-order valence-corrected chi connectivity index (χ4v) is 3.05. The average Bonchev–Trinajstić information content (AvgIpc) is 2.27. The predicted molar refractivity (Wildman–Crippen MR) is 68.5 cm³/mol. The monoisotopic (exact) mass is 368 g/mol. The van der Waals surface area contributed by atoms with Crippen molar-refractivity contribution in [3.63, 3.8) is 0 Å². The van der Waals surface area contributed by atoms with Gasteiger partial charge in [-0.2, -0.15) is 0 Å². The van der Waals surface area contributed by atoms with Crippen LogP contribution in [0.25, 0.3) is 0 Å². The number of ether oxygens (including phenoxy) is 3. The summed E-state index contributed by atoms with van der Waals surface area (Å²) >= 11 is 6.35. The lowest BCUT2D eigenvalue weighted by molar-refractivity contribution is 0.0693. The first-order valence-corrected chi connectivity index (χ1v) is 5.98. The summed E-state index contributed by atoms with van der Waals surface area (Å²) < 4.78 is 16.0. The molecule has 0 radical (unpaired) electrons. The van der Waals surface area contributed by atoms with Gasteiger partial charge in [-0.25, -0.2) is 4.79 Å². The highest BCUT2D eigenvalue weighted by molar-refractivity contribution is 9.11. The predicted octanol–water partition coefficient (Wildman–Crippen LogP) is 2.94. The summed E-state index contributed by atoms with van der Waals surface area (Å²) in [6, 6.07) is 0. The summed E-state index contributed by atoms with van der Waals surface area (Å²) in [4.78, 5) is 11.2. The maximum atomic E-state index is 11.2. The molecule has 0 aliphatic rings. The van der Waals surface area contributed by atoms with Gasteiger partial charge in [0.25, 0.3) is 0 Å². The van der Waals surface area contributed by atoms with Crippen LogP contribution >= 0.6 is 31.9 Å². The van der Waals surface area contributed by atoms with Gasteiger partial charge in [-0.1, -0.05) is 0 Å². The van der Waals surface area contributed by atoms with E-state index < -0.39 is 5.97 Å². The van der Waals surface area contributed by atoms with Crippen LogP contribution < -0.4 is 14.2 Å². The van der Waals surface area contributed by atoms with Gasteiger partial charge in [0.2, 0.25) is 5.75 Å². The van der Waals surface area contributed by atoms with Crippen molar-refractivity contribution in [2.24, 2.45) is 0 Å². The molecule has 1 aromatic carbocycles. The number of methoxy groups -OCH3 is 3. The standard InChI is InChI=1S/C10H10Br2O5/c1-15-7-5(11)4(10(13)14)6(12)8(16-2)9(7)17-3/h1-3H3,(H,13,14). The van der Waals surface area contributed by atoms with E-state index in [4.69, 9.17) is 19.3 Å². The Balaban J connectivity index is 3.73. The lowest BCUT2D eigenvalue weighted by Gasteiger charge is -2.17. The van der Waals surface area contributed by atoms with Crippen molar-refractivity contribution >= 4 is 37.8 Å². The Bertz CT molecular complexity index is 427. The van der Waals surface area contributed by atoms with Gasteiger partial charge in [0.1, 0.15) is 0 Å². The van der Waals surface area contributed by atoms with Gasteiger partial charge >= 0.3 is 5.97 Å². The molecule has 17 heavy (non-hydrogen) atoms. The lowest BCUT2D eigenvalue weighted by Crippen LogP contribution is -2.05. The van der Waals surface area contributed by atoms with Gasteiger partial charge in [0.15, 0.2) is 11.5 Å². The molecule has 1 rings (SSSR count). The maximum absolute atomic E-state index is 11.2. The number of halogens is 2. The summed E-state index contributed by atoms with van der Waals surface area (Å²) in [6.45, 7) is 0. The zero-order valence-corrected chi connectivity index (χ0v) is 12.5. The van der Waals surface area contributed by atoms with Crippen molar-refractivity contribution in [2.75, 3.05) is 21.3 Å². The van der Waals surface area contributed by atoms with Crippen molar-refractivity contribution in [3.8, 4) is 17.2 Å². The average molecular weight is 370 g/mol. The Hall–Kier alpha value is -0.950. The van der Waals surface area contributed by atoms with E-state index in [0.29, 0.717) is 5.75 Å². The molecule has 0 bridgehead atoms. The molecule has 0 unspecified atom stereocenters. The third kappa shape index (κ3) is 2.35. The minimum Gasteiger partial charge on any atom is -0.492 e. The van der Waals surface area contributed by atoms with E-state index in [1.165, 1.54) is 21.3 Å². The first kappa shape index (κ1) is 14.1. The van der Waals surface area contributed by atoms with Crippen LogP contribution in [0.5, 0.6) is 17.2 Å². The second-order valence-corrected chi connectivity index (χ2v) is 4.49. The topological polar surface area (TPSA) is 65.0 Å². The van der Waals surface area contributed by atoms with E-state index in [-0.39, 0.29) is 26.0 Å². The number of rotatable bonds is 4. The molecule has 1 aromatic rings. The van der Waals surface area contributed by atoms with E-state index in [0.717, 1.165) is 0 Å². The molecular formula is C10H10Br2O5. The van der Waals surface area contributed by atoms with Crippen LogP contribution in [0, 0.1) is 0 Å². The van der Waals surface area contributed by atoms with Crippen molar-refractivity contribution in [1.82, 2.24) is 0 Å². The molecule has 0 heterocycles. The molecule has 0 amide bonds. The smallest absolute Gasteiger partial charge is 0.338 e. The Labute approximate surface area is 115 Å². The largest absolute Gasteiger partial charge is 0.492 e. The third-order valence-electron chi connectivity index (χ3n) is 2.08. The Morgan fingerprint density at radius 2 is 1.29 bits per heavy atom. The highest BCUT2D eigenvalue weighted by Crippen LogP contribution is 2.49. The van der Waals surface area contributed by atoms with E-state index in [1.807, 2.05) is 0 Å². The zero-order valence-electron chi connectivity index (χ0n) is 9.34. The van der Waals surface area contributed by atoms with Crippen LogP contribution in [0.2, 0.25) is 0 Å². The number of benzene rings is 1. The maximum Gasteiger partial charge on any atom is 0.338 e. The zero-order chi connectivity index (χ0) is 13.2. The summed E-state index contributed by atoms with van der Waals surface area (Å²) in [5.41, 5.74) is 0.0134. The third-order valence-corrected chi connectivity index (χ3v) is 3.59. The first-order chi connectivity index (χ1) is 7.99. The van der Waals surface area contributed by atoms with Gasteiger partial charge in [0, 0.05) is 0 Å². The molecule has 0 saturated carbocycles. The molecule has 7 heteroatoms. The first-order valence-electron chi connectivity index (χ1n) is 4.39. The molecule has 5 nitrogen and oxygen atoms in total. The molecule has 0 aliphatic heterocycles. The molecular weight excluding hydrogens is 360 g/mol. The van der Waals surface area contributed by atoms with Crippen LogP contribution in [0.4, 0.5) is 0 Å². The fourth-order valence-electron chi connectivity index (χ4n) is 1.36. The molecule has 0 fully saturated rings. The van der Waals surface area contributed by atoms with Crippen LogP contribution in [0.3, 0.4) is 0 Å². The summed E-state index contributed by atoms with van der Waals surface area (Å²) in [6.07, 6.45) is 0. The van der Waals surface area contributed by atoms with Crippen LogP contribution in [-0.4, -0.2) is 32.4 Å². The quantitative estimate of drug-likeness (QED) is 0.883. The minimum atomic E-state index is -1.11. The number of aromatic carboxylic acids is 1. The number of carboxylic acid groups (broad SMARTS) is 1. The minimum absolute atomic E-state index is 0.0134. The van der Waals surface area contributed by atoms with Gasteiger partial charge in [-0.3, -0.25) is 0 Å². The molecule has 0 spiro atoms. The van der Waals surface area contributed by atoms with E-state index in [2.05, 4.69) is 31.9 Å². The Kier molecular flexibility index (Phi) is 4.64. The van der Waals surface area contributed by atoms with Crippen molar-refractivity contribution in [1.29, 1.82) is 0 Å².